The summed E-state index contributed by atoms with van der Waals surface area (Å²) >= 11 is 3.44. The van der Waals surface area contributed by atoms with Crippen molar-refractivity contribution in [3.05, 3.63) is 28.2 Å². The van der Waals surface area contributed by atoms with Gasteiger partial charge in [-0.1, -0.05) is 15.9 Å². The van der Waals surface area contributed by atoms with Gasteiger partial charge in [0.1, 0.15) is 5.75 Å². The van der Waals surface area contributed by atoms with E-state index in [0.717, 1.165) is 36.0 Å². The Kier molecular flexibility index (Phi) is 5.21. The molecule has 0 saturated carbocycles. The maximum atomic E-state index is 9.92. The maximum absolute atomic E-state index is 9.92. The fourth-order valence-corrected chi connectivity index (χ4v) is 3.04. The molecule has 1 aromatic carbocycles. The lowest BCUT2D eigenvalue weighted by Crippen LogP contribution is -2.47. The monoisotopic (exact) mass is 328 g/mol. The summed E-state index contributed by atoms with van der Waals surface area (Å²) in [6, 6.07) is 5.85. The zero-order valence-corrected chi connectivity index (χ0v) is 12.8. The van der Waals surface area contributed by atoms with Crippen molar-refractivity contribution in [2.75, 3.05) is 20.2 Å². The van der Waals surface area contributed by atoms with E-state index in [9.17, 15) is 5.11 Å². The van der Waals surface area contributed by atoms with Gasteiger partial charge in [0, 0.05) is 42.8 Å². The highest BCUT2D eigenvalue weighted by Gasteiger charge is 2.27. The average Bonchev–Trinajstić information content (AvgIpc) is 2.43. The second-order valence-corrected chi connectivity index (χ2v) is 5.93. The highest BCUT2D eigenvalue weighted by molar-refractivity contribution is 9.10. The van der Waals surface area contributed by atoms with Crippen LogP contribution in [0.2, 0.25) is 0 Å². The molecule has 1 saturated heterocycles. The minimum Gasteiger partial charge on any atom is -0.508 e. The van der Waals surface area contributed by atoms with Gasteiger partial charge in [-0.2, -0.15) is 0 Å². The van der Waals surface area contributed by atoms with Crippen LogP contribution >= 0.6 is 15.9 Å². The van der Waals surface area contributed by atoms with Crippen molar-refractivity contribution in [2.24, 2.45) is 5.73 Å². The molecule has 0 aliphatic carbocycles. The molecule has 2 rings (SSSR count). The summed E-state index contributed by atoms with van der Waals surface area (Å²) in [5.74, 6) is 0.341. The van der Waals surface area contributed by atoms with Crippen molar-refractivity contribution in [1.29, 1.82) is 0 Å². The van der Waals surface area contributed by atoms with E-state index >= 15 is 0 Å². The number of rotatable bonds is 4. The van der Waals surface area contributed by atoms with Crippen molar-refractivity contribution >= 4 is 15.9 Å². The summed E-state index contributed by atoms with van der Waals surface area (Å²) < 4.78 is 6.41. The minimum absolute atomic E-state index is 0.306. The summed E-state index contributed by atoms with van der Waals surface area (Å²) in [6.07, 6.45) is 2.28. The van der Waals surface area contributed by atoms with Crippen LogP contribution in [-0.2, 0) is 11.3 Å². The van der Waals surface area contributed by atoms with Crippen LogP contribution in [0.25, 0.3) is 0 Å². The molecule has 106 valence electrons. The first kappa shape index (κ1) is 14.8. The van der Waals surface area contributed by atoms with E-state index in [-0.39, 0.29) is 0 Å². The van der Waals surface area contributed by atoms with Gasteiger partial charge in [0.05, 0.1) is 6.10 Å². The van der Waals surface area contributed by atoms with Crippen LogP contribution in [0.3, 0.4) is 0 Å². The van der Waals surface area contributed by atoms with Gasteiger partial charge in [-0.25, -0.2) is 0 Å². The Morgan fingerprint density at radius 1 is 1.53 bits per heavy atom. The lowest BCUT2D eigenvalue weighted by molar-refractivity contribution is 0.0100. The second kappa shape index (κ2) is 6.70. The molecule has 1 fully saturated rings. The molecule has 2 unspecified atom stereocenters. The van der Waals surface area contributed by atoms with Gasteiger partial charge < -0.3 is 15.6 Å². The first-order valence-electron chi connectivity index (χ1n) is 6.58. The largest absolute Gasteiger partial charge is 0.508 e. The van der Waals surface area contributed by atoms with Crippen molar-refractivity contribution < 1.29 is 9.84 Å². The Hall–Kier alpha value is -0.620. The Morgan fingerprint density at radius 2 is 2.32 bits per heavy atom. The molecule has 1 aliphatic rings. The molecule has 0 spiro atoms. The van der Waals surface area contributed by atoms with Crippen molar-refractivity contribution in [1.82, 2.24) is 4.90 Å². The number of nitrogens with two attached hydrogens (primary N) is 1. The summed E-state index contributed by atoms with van der Waals surface area (Å²) in [7, 11) is 1.76. The van der Waals surface area contributed by atoms with E-state index in [2.05, 4.69) is 20.8 Å². The van der Waals surface area contributed by atoms with Crippen LogP contribution in [-0.4, -0.2) is 42.4 Å². The number of hydrogen-bond acceptors (Lipinski definition) is 4. The molecule has 2 atom stereocenters. The van der Waals surface area contributed by atoms with Gasteiger partial charge in [0.2, 0.25) is 0 Å². The number of likely N-dealkylation sites (tertiary alicyclic amines) is 1. The third kappa shape index (κ3) is 3.69. The van der Waals surface area contributed by atoms with Crippen LogP contribution < -0.4 is 5.73 Å². The number of piperidine rings is 1. The van der Waals surface area contributed by atoms with Gasteiger partial charge in [0.25, 0.3) is 0 Å². The number of aromatic hydroxyl groups is 1. The topological polar surface area (TPSA) is 58.7 Å². The molecule has 1 aromatic rings. The lowest BCUT2D eigenvalue weighted by Gasteiger charge is -2.38. The van der Waals surface area contributed by atoms with Crippen molar-refractivity contribution in [3.8, 4) is 5.75 Å². The highest BCUT2D eigenvalue weighted by Crippen LogP contribution is 2.27. The van der Waals surface area contributed by atoms with E-state index in [1.807, 2.05) is 12.1 Å². The molecule has 0 radical (unpaired) electrons. The predicted octanol–water partition coefficient (Wildman–Crippen LogP) is 2.09. The van der Waals surface area contributed by atoms with E-state index < -0.39 is 0 Å². The van der Waals surface area contributed by atoms with Gasteiger partial charge in [-0.15, -0.1) is 0 Å². The molecule has 1 heterocycles. The third-order valence-electron chi connectivity index (χ3n) is 3.81. The smallest absolute Gasteiger partial charge is 0.120 e. The van der Waals surface area contributed by atoms with Crippen LogP contribution in [0.5, 0.6) is 5.75 Å². The van der Waals surface area contributed by atoms with E-state index in [0.29, 0.717) is 24.4 Å². The van der Waals surface area contributed by atoms with E-state index in [1.54, 1.807) is 13.2 Å². The van der Waals surface area contributed by atoms with E-state index in [1.165, 1.54) is 0 Å². The number of hydrogen-bond donors (Lipinski definition) is 2. The molecule has 5 heteroatoms. The number of phenolic OH excluding ortho intramolecular Hbond substituents is 1. The van der Waals surface area contributed by atoms with Crippen molar-refractivity contribution in [3.63, 3.8) is 0 Å². The number of benzene rings is 1. The molecule has 1 aliphatic heterocycles. The predicted molar refractivity (Wildman–Crippen MR) is 79.1 cm³/mol. The fraction of sp³-hybridized carbons (Fsp3) is 0.571. The van der Waals surface area contributed by atoms with E-state index in [4.69, 9.17) is 10.5 Å². The Morgan fingerprint density at radius 3 is 3.00 bits per heavy atom. The molecular weight excluding hydrogens is 308 g/mol. The summed E-state index contributed by atoms with van der Waals surface area (Å²) in [6.45, 7) is 2.30. The number of phenols is 1. The molecule has 4 nitrogen and oxygen atoms in total. The first-order valence-corrected chi connectivity index (χ1v) is 7.37. The zero-order chi connectivity index (χ0) is 13.8. The van der Waals surface area contributed by atoms with Crippen molar-refractivity contribution in [2.45, 2.75) is 31.5 Å². The van der Waals surface area contributed by atoms with Gasteiger partial charge in [0.15, 0.2) is 0 Å². The number of halogens is 1. The quantitative estimate of drug-likeness (QED) is 0.888. The third-order valence-corrected chi connectivity index (χ3v) is 4.30. The van der Waals surface area contributed by atoms with Crippen LogP contribution in [0, 0.1) is 0 Å². The first-order chi connectivity index (χ1) is 9.13. The lowest BCUT2D eigenvalue weighted by atomic mass is 9.98. The highest BCUT2D eigenvalue weighted by atomic mass is 79.9. The molecule has 19 heavy (non-hydrogen) atoms. The number of nitrogens with zero attached hydrogens (tertiary/aromatic N) is 1. The number of methoxy groups -OCH3 is 1. The summed E-state index contributed by atoms with van der Waals surface area (Å²) in [5, 5.41) is 9.92. The summed E-state index contributed by atoms with van der Waals surface area (Å²) in [5.41, 5.74) is 6.80. The Bertz CT molecular complexity index is 428. The minimum atomic E-state index is 0.306. The average molecular weight is 329 g/mol. The van der Waals surface area contributed by atoms with Gasteiger partial charge in [-0.3, -0.25) is 4.90 Å². The Balaban J connectivity index is 2.07. The Labute approximate surface area is 122 Å². The molecule has 0 aromatic heterocycles. The van der Waals surface area contributed by atoms with Gasteiger partial charge >= 0.3 is 0 Å². The molecule has 0 amide bonds. The SMILES string of the molecule is COC1CCN(Cc2cc(Br)ccc2O)C(CN)C1. The standard InChI is InChI=1S/C14H21BrN2O2/c1-19-13-4-5-17(12(7-13)8-16)9-10-6-11(15)2-3-14(10)18/h2-3,6,12-13,18H,4-5,7-9,16H2,1H3. The maximum Gasteiger partial charge on any atom is 0.120 e. The van der Waals surface area contributed by atoms with Crippen LogP contribution in [0.1, 0.15) is 18.4 Å². The summed E-state index contributed by atoms with van der Waals surface area (Å²) in [4.78, 5) is 2.33. The zero-order valence-electron chi connectivity index (χ0n) is 11.2. The molecule has 0 bridgehead atoms. The second-order valence-electron chi connectivity index (χ2n) is 5.02. The molecular formula is C14H21BrN2O2. The molecule has 3 N–H and O–H groups in total. The fourth-order valence-electron chi connectivity index (χ4n) is 2.63. The van der Waals surface area contributed by atoms with Crippen LogP contribution in [0.15, 0.2) is 22.7 Å². The number of ether oxygens (including phenoxy) is 1. The van der Waals surface area contributed by atoms with Crippen LogP contribution in [0.4, 0.5) is 0 Å². The normalized spacial score (nSPS) is 24.6. The van der Waals surface area contributed by atoms with Gasteiger partial charge in [-0.05, 0) is 31.0 Å².